The molecule has 1 aliphatic heterocycles. The third kappa shape index (κ3) is 3.39. The van der Waals surface area contributed by atoms with E-state index in [0.29, 0.717) is 11.6 Å². The van der Waals surface area contributed by atoms with Gasteiger partial charge in [0.1, 0.15) is 0 Å². The van der Waals surface area contributed by atoms with Gasteiger partial charge in [-0.15, -0.1) is 0 Å². The van der Waals surface area contributed by atoms with Gasteiger partial charge in [-0.25, -0.2) is 0 Å². The quantitative estimate of drug-likeness (QED) is 0.881. The zero-order valence-corrected chi connectivity index (χ0v) is 13.0. The lowest BCUT2D eigenvalue weighted by Crippen LogP contribution is -2.21. The number of amides is 1. The molecule has 2 heterocycles. The second-order valence-electron chi connectivity index (χ2n) is 5.37. The first-order valence-corrected chi connectivity index (χ1v) is 7.86. The summed E-state index contributed by atoms with van der Waals surface area (Å²) in [7, 11) is 0. The summed E-state index contributed by atoms with van der Waals surface area (Å²) in [5.41, 5.74) is 3.20. The predicted molar refractivity (Wildman–Crippen MR) is 87.5 cm³/mol. The normalized spacial score (nSPS) is 14.0. The van der Waals surface area contributed by atoms with Gasteiger partial charge in [0.15, 0.2) is 0 Å². The number of nitrogens with zero attached hydrogens (tertiary/aromatic N) is 2. The Hall–Kier alpha value is -2.07. The summed E-state index contributed by atoms with van der Waals surface area (Å²) >= 11 is 6.05. The molecule has 0 atom stereocenters. The highest BCUT2D eigenvalue weighted by Crippen LogP contribution is 2.18. The molecule has 0 spiro atoms. The molecular formula is C17H18ClN3O. The molecule has 1 aromatic carbocycles. The van der Waals surface area contributed by atoms with Crippen molar-refractivity contribution in [3.63, 3.8) is 0 Å². The summed E-state index contributed by atoms with van der Waals surface area (Å²) in [4.78, 5) is 11.9. The van der Waals surface area contributed by atoms with E-state index in [9.17, 15) is 4.79 Å². The van der Waals surface area contributed by atoms with Gasteiger partial charge in [-0.2, -0.15) is 5.10 Å². The van der Waals surface area contributed by atoms with Crippen molar-refractivity contribution in [1.82, 2.24) is 15.1 Å². The fourth-order valence-electron chi connectivity index (χ4n) is 2.65. The molecule has 0 saturated carbocycles. The van der Waals surface area contributed by atoms with E-state index in [-0.39, 0.29) is 5.91 Å². The van der Waals surface area contributed by atoms with Gasteiger partial charge in [-0.1, -0.05) is 29.8 Å². The standard InChI is InChI=1S/C17H18ClN3O/c18-15-6-2-1-5-13(15)8-9-17(22)19-11-14-12-20-21-10-4-3-7-16(14)21/h1-2,5-6,8-9,12H,3-4,7,10-11H2,(H,19,22). The molecule has 0 fully saturated rings. The van der Waals surface area contributed by atoms with E-state index < -0.39 is 0 Å². The maximum absolute atomic E-state index is 11.9. The molecule has 0 saturated heterocycles. The summed E-state index contributed by atoms with van der Waals surface area (Å²) < 4.78 is 2.05. The summed E-state index contributed by atoms with van der Waals surface area (Å²) in [6.07, 6.45) is 8.52. The molecule has 22 heavy (non-hydrogen) atoms. The molecule has 3 rings (SSSR count). The third-order valence-corrected chi connectivity index (χ3v) is 4.19. The average molecular weight is 316 g/mol. The van der Waals surface area contributed by atoms with Crippen molar-refractivity contribution >= 4 is 23.6 Å². The van der Waals surface area contributed by atoms with Gasteiger partial charge in [0.25, 0.3) is 0 Å². The van der Waals surface area contributed by atoms with Crippen LogP contribution in [0.3, 0.4) is 0 Å². The van der Waals surface area contributed by atoms with E-state index in [0.717, 1.165) is 24.1 Å². The lowest BCUT2D eigenvalue weighted by molar-refractivity contribution is -0.116. The average Bonchev–Trinajstić information content (AvgIpc) is 2.95. The first-order chi connectivity index (χ1) is 10.7. The van der Waals surface area contributed by atoms with Crippen molar-refractivity contribution in [2.45, 2.75) is 32.4 Å². The van der Waals surface area contributed by atoms with E-state index in [2.05, 4.69) is 10.4 Å². The topological polar surface area (TPSA) is 46.9 Å². The van der Waals surface area contributed by atoms with Crippen molar-refractivity contribution in [1.29, 1.82) is 0 Å². The van der Waals surface area contributed by atoms with E-state index in [1.54, 1.807) is 12.1 Å². The van der Waals surface area contributed by atoms with E-state index in [1.807, 2.05) is 29.1 Å². The van der Waals surface area contributed by atoms with Crippen molar-refractivity contribution < 1.29 is 4.79 Å². The van der Waals surface area contributed by atoms with Crippen LogP contribution in [0.15, 0.2) is 36.5 Å². The minimum Gasteiger partial charge on any atom is -0.348 e. The highest BCUT2D eigenvalue weighted by molar-refractivity contribution is 6.32. The van der Waals surface area contributed by atoms with Crippen LogP contribution in [0.25, 0.3) is 6.08 Å². The first-order valence-electron chi connectivity index (χ1n) is 7.48. The number of nitrogens with one attached hydrogen (secondary N) is 1. The van der Waals surface area contributed by atoms with E-state index >= 15 is 0 Å². The van der Waals surface area contributed by atoms with Crippen LogP contribution in [0.1, 0.15) is 29.7 Å². The molecule has 4 nitrogen and oxygen atoms in total. The Bertz CT molecular complexity index is 706. The summed E-state index contributed by atoms with van der Waals surface area (Å²) in [6.45, 7) is 1.50. The van der Waals surface area contributed by atoms with Crippen molar-refractivity contribution in [3.05, 3.63) is 58.4 Å². The van der Waals surface area contributed by atoms with Gasteiger partial charge in [-0.3, -0.25) is 9.48 Å². The van der Waals surface area contributed by atoms with Crippen LogP contribution in [0.5, 0.6) is 0 Å². The van der Waals surface area contributed by atoms with Gasteiger partial charge in [0.2, 0.25) is 5.91 Å². The zero-order chi connectivity index (χ0) is 15.4. The minimum atomic E-state index is -0.129. The van der Waals surface area contributed by atoms with Crippen LogP contribution >= 0.6 is 11.6 Å². The van der Waals surface area contributed by atoms with E-state index in [4.69, 9.17) is 11.6 Å². The fraction of sp³-hybridized carbons (Fsp3) is 0.294. The number of carbonyl (C=O) groups is 1. The Morgan fingerprint density at radius 2 is 2.23 bits per heavy atom. The second-order valence-corrected chi connectivity index (χ2v) is 5.78. The summed E-state index contributed by atoms with van der Waals surface area (Å²) in [5, 5.41) is 7.91. The Balaban J connectivity index is 1.59. The predicted octanol–water partition coefficient (Wildman–Crippen LogP) is 3.20. The number of carbonyl (C=O) groups excluding carboxylic acids is 1. The third-order valence-electron chi connectivity index (χ3n) is 3.84. The van der Waals surface area contributed by atoms with Crippen LogP contribution < -0.4 is 5.32 Å². The van der Waals surface area contributed by atoms with Gasteiger partial charge in [0, 0.05) is 35.4 Å². The molecule has 5 heteroatoms. The number of benzene rings is 1. The van der Waals surface area contributed by atoms with Crippen LogP contribution in [0.4, 0.5) is 0 Å². The lowest BCUT2D eigenvalue weighted by atomic mass is 10.1. The lowest BCUT2D eigenvalue weighted by Gasteiger charge is -2.14. The fourth-order valence-corrected chi connectivity index (χ4v) is 2.85. The van der Waals surface area contributed by atoms with Gasteiger partial charge in [-0.05, 0) is 37.0 Å². The zero-order valence-electron chi connectivity index (χ0n) is 12.3. The Labute approximate surface area is 134 Å². The number of hydrogen-bond acceptors (Lipinski definition) is 2. The maximum atomic E-state index is 11.9. The van der Waals surface area contributed by atoms with Crippen LogP contribution in [0.2, 0.25) is 5.02 Å². The molecule has 114 valence electrons. The van der Waals surface area contributed by atoms with Crippen LogP contribution in [0, 0.1) is 0 Å². The van der Waals surface area contributed by atoms with Crippen molar-refractivity contribution in [2.24, 2.45) is 0 Å². The summed E-state index contributed by atoms with van der Waals surface area (Å²) in [5.74, 6) is -0.129. The monoisotopic (exact) mass is 315 g/mol. The number of aromatic nitrogens is 2. The Morgan fingerprint density at radius 1 is 1.36 bits per heavy atom. The molecule has 1 aliphatic rings. The molecule has 0 radical (unpaired) electrons. The Morgan fingerprint density at radius 3 is 3.09 bits per heavy atom. The first kappa shape index (κ1) is 14.9. The maximum Gasteiger partial charge on any atom is 0.244 e. The number of aryl methyl sites for hydroxylation is 1. The minimum absolute atomic E-state index is 0.129. The number of fused-ring (bicyclic) bond motifs is 1. The molecule has 2 aromatic rings. The molecule has 1 aromatic heterocycles. The SMILES string of the molecule is O=C(C=Cc1ccccc1Cl)NCc1cnn2c1CCCC2. The van der Waals surface area contributed by atoms with Gasteiger partial charge >= 0.3 is 0 Å². The smallest absolute Gasteiger partial charge is 0.244 e. The van der Waals surface area contributed by atoms with Crippen molar-refractivity contribution in [3.8, 4) is 0 Å². The molecule has 0 unspecified atom stereocenters. The second kappa shape index (κ2) is 6.79. The Kier molecular flexibility index (Phi) is 4.59. The molecule has 1 amide bonds. The molecule has 1 N–H and O–H groups in total. The van der Waals surface area contributed by atoms with Gasteiger partial charge < -0.3 is 5.32 Å². The summed E-state index contributed by atoms with van der Waals surface area (Å²) in [6, 6.07) is 7.43. The van der Waals surface area contributed by atoms with Crippen LogP contribution in [-0.4, -0.2) is 15.7 Å². The van der Waals surface area contributed by atoms with E-state index in [1.165, 1.54) is 24.6 Å². The largest absolute Gasteiger partial charge is 0.348 e. The number of rotatable bonds is 4. The highest BCUT2D eigenvalue weighted by atomic mass is 35.5. The molecule has 0 bridgehead atoms. The van der Waals surface area contributed by atoms with Crippen LogP contribution in [-0.2, 0) is 24.3 Å². The van der Waals surface area contributed by atoms with Crippen molar-refractivity contribution in [2.75, 3.05) is 0 Å². The highest BCUT2D eigenvalue weighted by Gasteiger charge is 2.14. The molecule has 0 aliphatic carbocycles. The number of hydrogen-bond donors (Lipinski definition) is 1. The number of halogens is 1. The van der Waals surface area contributed by atoms with Gasteiger partial charge in [0.05, 0.1) is 6.20 Å². The molecular weight excluding hydrogens is 298 g/mol.